The van der Waals surface area contributed by atoms with E-state index in [0.29, 0.717) is 12.1 Å². The Morgan fingerprint density at radius 1 is 1.33 bits per heavy atom. The Morgan fingerprint density at radius 2 is 2.11 bits per heavy atom. The van der Waals surface area contributed by atoms with Crippen molar-refractivity contribution in [3.8, 4) is 0 Å². The Bertz CT molecular complexity index is 377. The van der Waals surface area contributed by atoms with Gasteiger partial charge in [0.25, 0.3) is 0 Å². The standard InChI is InChI=1S/C16H24BrN/c1-3-13-7-6-8-14(11-13)18-12(2)15-9-4-5-10-16(15)17/h4-5,9-10,12-14,18H,3,6-8,11H2,1-2H3/t12-,13?,14?/m1/s1. The third-order valence-corrected chi connectivity index (χ3v) is 4.94. The summed E-state index contributed by atoms with van der Waals surface area (Å²) < 4.78 is 1.22. The molecular weight excluding hydrogens is 286 g/mol. The second-order valence-corrected chi connectivity index (χ2v) is 6.40. The highest BCUT2D eigenvalue weighted by Crippen LogP contribution is 2.29. The van der Waals surface area contributed by atoms with Crippen molar-refractivity contribution < 1.29 is 0 Å². The number of benzene rings is 1. The molecule has 1 saturated carbocycles. The molecule has 1 aromatic rings. The van der Waals surface area contributed by atoms with Gasteiger partial charge < -0.3 is 5.32 Å². The number of hydrogen-bond acceptors (Lipinski definition) is 1. The molecule has 0 spiro atoms. The molecule has 1 nitrogen and oxygen atoms in total. The lowest BCUT2D eigenvalue weighted by Crippen LogP contribution is -2.35. The third-order valence-electron chi connectivity index (χ3n) is 4.22. The number of halogens is 1. The van der Waals surface area contributed by atoms with Crippen molar-refractivity contribution in [3.05, 3.63) is 34.3 Å². The van der Waals surface area contributed by atoms with E-state index in [1.165, 1.54) is 42.1 Å². The molecule has 0 bridgehead atoms. The first kappa shape index (κ1) is 14.1. The monoisotopic (exact) mass is 309 g/mol. The summed E-state index contributed by atoms with van der Waals surface area (Å²) in [5.41, 5.74) is 1.37. The molecule has 100 valence electrons. The molecule has 1 aliphatic carbocycles. The van der Waals surface area contributed by atoms with Gasteiger partial charge in [-0.25, -0.2) is 0 Å². The second kappa shape index (κ2) is 6.72. The molecule has 2 rings (SSSR count). The van der Waals surface area contributed by atoms with Gasteiger partial charge in [0.15, 0.2) is 0 Å². The van der Waals surface area contributed by atoms with Crippen molar-refractivity contribution in [2.24, 2.45) is 5.92 Å². The van der Waals surface area contributed by atoms with Crippen LogP contribution < -0.4 is 5.32 Å². The maximum absolute atomic E-state index is 3.81. The lowest BCUT2D eigenvalue weighted by Gasteiger charge is -2.31. The molecule has 1 aromatic carbocycles. The van der Waals surface area contributed by atoms with E-state index in [2.05, 4.69) is 59.4 Å². The van der Waals surface area contributed by atoms with Crippen LogP contribution in [0.4, 0.5) is 0 Å². The van der Waals surface area contributed by atoms with E-state index >= 15 is 0 Å². The Hall–Kier alpha value is -0.340. The second-order valence-electron chi connectivity index (χ2n) is 5.55. The zero-order valence-electron chi connectivity index (χ0n) is 11.5. The summed E-state index contributed by atoms with van der Waals surface area (Å²) in [7, 11) is 0. The minimum atomic E-state index is 0.432. The van der Waals surface area contributed by atoms with Crippen molar-refractivity contribution in [2.75, 3.05) is 0 Å². The van der Waals surface area contributed by atoms with Gasteiger partial charge in [-0.05, 0) is 37.3 Å². The van der Waals surface area contributed by atoms with E-state index in [1.807, 2.05) is 0 Å². The lowest BCUT2D eigenvalue weighted by molar-refractivity contribution is 0.266. The fourth-order valence-corrected chi connectivity index (χ4v) is 3.71. The number of nitrogens with one attached hydrogen (secondary N) is 1. The maximum Gasteiger partial charge on any atom is 0.0305 e. The molecule has 0 radical (unpaired) electrons. The van der Waals surface area contributed by atoms with Gasteiger partial charge >= 0.3 is 0 Å². The van der Waals surface area contributed by atoms with Crippen LogP contribution in [0.15, 0.2) is 28.7 Å². The van der Waals surface area contributed by atoms with Crippen LogP contribution in [-0.2, 0) is 0 Å². The maximum atomic E-state index is 3.81. The predicted octanol–water partition coefficient (Wildman–Crippen LogP) is 5.07. The highest BCUT2D eigenvalue weighted by atomic mass is 79.9. The van der Waals surface area contributed by atoms with Crippen molar-refractivity contribution in [2.45, 2.75) is 58.0 Å². The van der Waals surface area contributed by atoms with E-state index in [-0.39, 0.29) is 0 Å². The Kier molecular flexibility index (Phi) is 5.25. The van der Waals surface area contributed by atoms with Crippen molar-refractivity contribution in [1.29, 1.82) is 0 Å². The zero-order chi connectivity index (χ0) is 13.0. The van der Waals surface area contributed by atoms with Crippen LogP contribution in [0.2, 0.25) is 0 Å². The molecular formula is C16H24BrN. The molecule has 3 atom stereocenters. The van der Waals surface area contributed by atoms with Gasteiger partial charge in [-0.3, -0.25) is 0 Å². The summed E-state index contributed by atoms with van der Waals surface area (Å²) in [6, 6.07) is 9.67. The molecule has 1 N–H and O–H groups in total. The highest BCUT2D eigenvalue weighted by molar-refractivity contribution is 9.10. The van der Waals surface area contributed by atoms with Crippen molar-refractivity contribution in [1.82, 2.24) is 5.32 Å². The van der Waals surface area contributed by atoms with E-state index in [1.54, 1.807) is 0 Å². The number of rotatable bonds is 4. The fraction of sp³-hybridized carbons (Fsp3) is 0.625. The van der Waals surface area contributed by atoms with Crippen molar-refractivity contribution >= 4 is 15.9 Å². The molecule has 0 amide bonds. The smallest absolute Gasteiger partial charge is 0.0305 e. The van der Waals surface area contributed by atoms with Crippen LogP contribution in [0.3, 0.4) is 0 Å². The quantitative estimate of drug-likeness (QED) is 0.819. The average Bonchev–Trinajstić information content (AvgIpc) is 2.39. The molecule has 1 aliphatic rings. The lowest BCUT2D eigenvalue weighted by atomic mass is 9.84. The van der Waals surface area contributed by atoms with Crippen LogP contribution in [0.25, 0.3) is 0 Å². The molecule has 18 heavy (non-hydrogen) atoms. The van der Waals surface area contributed by atoms with Crippen molar-refractivity contribution in [3.63, 3.8) is 0 Å². The fourth-order valence-electron chi connectivity index (χ4n) is 3.08. The minimum absolute atomic E-state index is 0.432. The molecule has 0 saturated heterocycles. The molecule has 1 fully saturated rings. The van der Waals surface area contributed by atoms with Crippen LogP contribution in [0, 0.1) is 5.92 Å². The normalized spacial score (nSPS) is 25.9. The minimum Gasteiger partial charge on any atom is -0.307 e. The zero-order valence-corrected chi connectivity index (χ0v) is 13.0. The van der Waals surface area contributed by atoms with Gasteiger partial charge in [0.05, 0.1) is 0 Å². The molecule has 2 heteroatoms. The Labute approximate surface area is 119 Å². The first-order valence-corrected chi connectivity index (χ1v) is 8.00. The first-order chi connectivity index (χ1) is 8.70. The Balaban J connectivity index is 1.95. The summed E-state index contributed by atoms with van der Waals surface area (Å²) in [6.07, 6.45) is 6.84. The SMILES string of the molecule is CCC1CCCC(N[C@H](C)c2ccccc2Br)C1. The molecule has 0 heterocycles. The van der Waals surface area contributed by atoms with E-state index in [0.717, 1.165) is 5.92 Å². The summed E-state index contributed by atoms with van der Waals surface area (Å²) in [4.78, 5) is 0. The van der Waals surface area contributed by atoms with Gasteiger partial charge in [-0.15, -0.1) is 0 Å². The summed E-state index contributed by atoms with van der Waals surface area (Å²) in [6.45, 7) is 4.60. The summed E-state index contributed by atoms with van der Waals surface area (Å²) >= 11 is 3.65. The Morgan fingerprint density at radius 3 is 2.83 bits per heavy atom. The van der Waals surface area contributed by atoms with E-state index in [9.17, 15) is 0 Å². The van der Waals surface area contributed by atoms with Crippen LogP contribution in [0.5, 0.6) is 0 Å². The van der Waals surface area contributed by atoms with Crippen LogP contribution in [0.1, 0.15) is 57.6 Å². The summed E-state index contributed by atoms with van der Waals surface area (Å²) in [5.74, 6) is 0.933. The van der Waals surface area contributed by atoms with Gasteiger partial charge in [-0.2, -0.15) is 0 Å². The molecule has 2 unspecified atom stereocenters. The topological polar surface area (TPSA) is 12.0 Å². The number of hydrogen-bond donors (Lipinski definition) is 1. The van der Waals surface area contributed by atoms with Gasteiger partial charge in [0.2, 0.25) is 0 Å². The van der Waals surface area contributed by atoms with Gasteiger partial charge in [0.1, 0.15) is 0 Å². The summed E-state index contributed by atoms with van der Waals surface area (Å²) in [5, 5.41) is 3.81. The van der Waals surface area contributed by atoms with Gasteiger partial charge in [0, 0.05) is 16.6 Å². The molecule has 0 aliphatic heterocycles. The van der Waals surface area contributed by atoms with E-state index < -0.39 is 0 Å². The van der Waals surface area contributed by atoms with Crippen LogP contribution >= 0.6 is 15.9 Å². The predicted molar refractivity (Wildman–Crippen MR) is 81.7 cm³/mol. The van der Waals surface area contributed by atoms with Gasteiger partial charge in [-0.1, -0.05) is 60.3 Å². The third kappa shape index (κ3) is 3.58. The first-order valence-electron chi connectivity index (χ1n) is 7.21. The van der Waals surface area contributed by atoms with E-state index in [4.69, 9.17) is 0 Å². The largest absolute Gasteiger partial charge is 0.307 e. The average molecular weight is 310 g/mol. The highest BCUT2D eigenvalue weighted by Gasteiger charge is 2.22. The molecule has 0 aromatic heterocycles. The van der Waals surface area contributed by atoms with Crippen LogP contribution in [-0.4, -0.2) is 6.04 Å².